The maximum absolute atomic E-state index is 13.5. The zero-order valence-electron chi connectivity index (χ0n) is 19.4. The van der Waals surface area contributed by atoms with E-state index in [1.54, 1.807) is 0 Å². The highest BCUT2D eigenvalue weighted by Crippen LogP contribution is 2.50. The topological polar surface area (TPSA) is 61.8 Å². The Hall–Kier alpha value is -2.92. The molecule has 33 heavy (non-hydrogen) atoms. The van der Waals surface area contributed by atoms with Crippen LogP contribution in [0.3, 0.4) is 0 Å². The highest BCUT2D eigenvalue weighted by molar-refractivity contribution is 6.01. The zero-order valence-corrected chi connectivity index (χ0v) is 19.4. The van der Waals surface area contributed by atoms with E-state index in [1.165, 1.54) is 0 Å². The quantitative estimate of drug-likeness (QED) is 0.302. The Morgan fingerprint density at radius 1 is 0.909 bits per heavy atom. The highest BCUT2D eigenvalue weighted by atomic mass is 16.6. The lowest BCUT2D eigenvalue weighted by Crippen LogP contribution is -2.40. The molecule has 0 N–H and O–H groups in total. The van der Waals surface area contributed by atoms with Crippen molar-refractivity contribution in [2.75, 3.05) is 0 Å². The molecule has 0 saturated carbocycles. The van der Waals surface area contributed by atoms with Crippen molar-refractivity contribution >= 4 is 11.9 Å². The van der Waals surface area contributed by atoms with Crippen LogP contribution in [0.15, 0.2) is 71.8 Å². The summed E-state index contributed by atoms with van der Waals surface area (Å²) in [6, 6.07) is 19.0. The predicted molar refractivity (Wildman–Crippen MR) is 125 cm³/mol. The molecule has 0 radical (unpaired) electrons. The second kappa shape index (κ2) is 10.3. The monoisotopic (exact) mass is 448 g/mol. The minimum atomic E-state index is -1.35. The molecule has 2 aromatic carbocycles. The smallest absolute Gasteiger partial charge is 0.324 e. The Balaban J connectivity index is 1.53. The van der Waals surface area contributed by atoms with Crippen LogP contribution in [0, 0.1) is 5.41 Å². The van der Waals surface area contributed by atoms with Crippen molar-refractivity contribution < 1.29 is 23.8 Å². The van der Waals surface area contributed by atoms with Crippen molar-refractivity contribution in [1.82, 2.24) is 0 Å². The van der Waals surface area contributed by atoms with Crippen molar-refractivity contribution in [2.45, 2.75) is 71.4 Å². The molecule has 0 bridgehead atoms. The van der Waals surface area contributed by atoms with Crippen molar-refractivity contribution in [3.8, 4) is 0 Å². The van der Waals surface area contributed by atoms with Crippen LogP contribution in [0.25, 0.3) is 0 Å². The molecule has 2 aromatic rings. The second-order valence-corrected chi connectivity index (χ2v) is 9.08. The molecule has 0 spiro atoms. The number of carbonyl (C=O) groups is 2. The van der Waals surface area contributed by atoms with E-state index in [0.29, 0.717) is 12.8 Å². The molecule has 2 aliphatic rings. The van der Waals surface area contributed by atoms with E-state index in [1.807, 2.05) is 67.6 Å². The van der Waals surface area contributed by atoms with Gasteiger partial charge < -0.3 is 14.2 Å². The summed E-state index contributed by atoms with van der Waals surface area (Å²) in [7, 11) is 0. The molecule has 0 fully saturated rings. The van der Waals surface area contributed by atoms with Gasteiger partial charge in [-0.1, -0.05) is 79.6 Å². The van der Waals surface area contributed by atoms with E-state index in [4.69, 9.17) is 14.2 Å². The summed E-state index contributed by atoms with van der Waals surface area (Å²) in [5.74, 6) is -1.03. The maximum atomic E-state index is 13.5. The zero-order chi connectivity index (χ0) is 23.3. The Morgan fingerprint density at radius 2 is 1.45 bits per heavy atom. The third-order valence-electron chi connectivity index (χ3n) is 6.64. The number of rotatable bonds is 8. The summed E-state index contributed by atoms with van der Waals surface area (Å²) in [4.78, 5) is 26.9. The number of hydrogen-bond acceptors (Lipinski definition) is 5. The third kappa shape index (κ3) is 5.19. The predicted octanol–water partition coefficient (Wildman–Crippen LogP) is 5.53. The molecule has 4 rings (SSSR count). The molecule has 2 atom stereocenters. The van der Waals surface area contributed by atoms with Gasteiger partial charge in [-0.2, -0.15) is 0 Å². The van der Waals surface area contributed by atoms with E-state index in [-0.39, 0.29) is 25.4 Å². The molecule has 5 nitrogen and oxygen atoms in total. The largest absolute Gasteiger partial charge is 0.460 e. The van der Waals surface area contributed by atoms with E-state index in [2.05, 4.69) is 6.92 Å². The molecule has 0 aromatic heterocycles. The first kappa shape index (κ1) is 23.2. The lowest BCUT2D eigenvalue weighted by molar-refractivity contribution is -0.173. The standard InChI is InChI=1S/C28H32O5/c1-3-10-24-15-23-16-28(17-25(23)20(2)33-24,26(29)31-18-21-11-6-4-7-12-21)27(30)32-19-22-13-8-5-9-14-22/h4-9,11-14,20,24H,3,10,15-19H2,1-2H3/t20-,24+/m1/s1. The fourth-order valence-corrected chi connectivity index (χ4v) is 4.91. The van der Waals surface area contributed by atoms with Crippen molar-refractivity contribution in [3.63, 3.8) is 0 Å². The number of ether oxygens (including phenoxy) is 3. The molecule has 174 valence electrons. The molecule has 0 unspecified atom stereocenters. The van der Waals surface area contributed by atoms with Crippen LogP contribution >= 0.6 is 0 Å². The van der Waals surface area contributed by atoms with Crippen molar-refractivity contribution in [1.29, 1.82) is 0 Å². The summed E-state index contributed by atoms with van der Waals surface area (Å²) in [6.07, 6.45) is 3.40. The maximum Gasteiger partial charge on any atom is 0.324 e. The average Bonchev–Trinajstić information content (AvgIpc) is 3.24. The SMILES string of the molecule is CCC[C@H]1CC2=C(CC(C(=O)OCc3ccccc3)(C(=O)OCc3ccccc3)C2)[C@@H](C)O1. The van der Waals surface area contributed by atoms with Gasteiger partial charge >= 0.3 is 11.9 Å². The molecular weight excluding hydrogens is 416 g/mol. The van der Waals surface area contributed by atoms with Gasteiger partial charge in [-0.3, -0.25) is 9.59 Å². The van der Waals surface area contributed by atoms with Crippen LogP contribution in [-0.4, -0.2) is 24.1 Å². The van der Waals surface area contributed by atoms with Gasteiger partial charge in [0.1, 0.15) is 13.2 Å². The number of esters is 2. The Kier molecular flexibility index (Phi) is 7.29. The van der Waals surface area contributed by atoms with Crippen molar-refractivity contribution in [3.05, 3.63) is 82.9 Å². The summed E-state index contributed by atoms with van der Waals surface area (Å²) in [6.45, 7) is 4.40. The summed E-state index contributed by atoms with van der Waals surface area (Å²) in [5, 5.41) is 0. The van der Waals surface area contributed by atoms with Gasteiger partial charge in [0, 0.05) is 0 Å². The Labute approximate surface area is 195 Å². The average molecular weight is 449 g/mol. The van der Waals surface area contributed by atoms with Crippen LogP contribution in [0.2, 0.25) is 0 Å². The lowest BCUT2D eigenvalue weighted by Gasteiger charge is -2.29. The first-order valence-corrected chi connectivity index (χ1v) is 11.8. The van der Waals surface area contributed by atoms with Crippen LogP contribution in [0.1, 0.15) is 57.1 Å². The fourth-order valence-electron chi connectivity index (χ4n) is 4.91. The number of benzene rings is 2. The van der Waals surface area contributed by atoms with Crippen LogP contribution in [0.4, 0.5) is 0 Å². The number of carbonyl (C=O) groups excluding carboxylic acids is 2. The van der Waals surface area contributed by atoms with Crippen LogP contribution in [-0.2, 0) is 37.0 Å². The second-order valence-electron chi connectivity index (χ2n) is 9.08. The van der Waals surface area contributed by atoms with Gasteiger partial charge in [0.2, 0.25) is 0 Å². The number of hydrogen-bond donors (Lipinski definition) is 0. The van der Waals surface area contributed by atoms with E-state index in [9.17, 15) is 9.59 Å². The lowest BCUT2D eigenvalue weighted by atomic mass is 9.83. The Morgan fingerprint density at radius 3 is 1.97 bits per heavy atom. The van der Waals surface area contributed by atoms with Gasteiger partial charge in [0.05, 0.1) is 12.2 Å². The van der Waals surface area contributed by atoms with Gasteiger partial charge in [0.15, 0.2) is 5.41 Å². The molecule has 5 heteroatoms. The molecule has 1 heterocycles. The normalized spacial score (nSPS) is 21.4. The van der Waals surface area contributed by atoms with Gasteiger partial charge in [-0.25, -0.2) is 0 Å². The summed E-state index contributed by atoms with van der Waals surface area (Å²) < 4.78 is 17.6. The van der Waals surface area contributed by atoms with E-state index in [0.717, 1.165) is 41.5 Å². The van der Waals surface area contributed by atoms with Gasteiger partial charge in [-0.05, 0) is 49.3 Å². The third-order valence-corrected chi connectivity index (χ3v) is 6.64. The minimum absolute atomic E-state index is 0.115. The van der Waals surface area contributed by atoms with Gasteiger partial charge in [-0.15, -0.1) is 0 Å². The molecule has 1 aliphatic carbocycles. The van der Waals surface area contributed by atoms with Crippen LogP contribution in [0.5, 0.6) is 0 Å². The highest BCUT2D eigenvalue weighted by Gasteiger charge is 2.55. The fraction of sp³-hybridized carbons (Fsp3) is 0.429. The van der Waals surface area contributed by atoms with E-state index < -0.39 is 17.4 Å². The first-order valence-electron chi connectivity index (χ1n) is 11.8. The minimum Gasteiger partial charge on any atom is -0.460 e. The first-order chi connectivity index (χ1) is 16.0. The molecule has 0 amide bonds. The van der Waals surface area contributed by atoms with Crippen molar-refractivity contribution in [2.24, 2.45) is 5.41 Å². The summed E-state index contributed by atoms with van der Waals surface area (Å²) >= 11 is 0. The molecule has 1 aliphatic heterocycles. The Bertz CT molecular complexity index is 940. The van der Waals surface area contributed by atoms with Crippen LogP contribution < -0.4 is 0 Å². The summed E-state index contributed by atoms with van der Waals surface area (Å²) in [5.41, 5.74) is 2.62. The van der Waals surface area contributed by atoms with E-state index >= 15 is 0 Å². The molecule has 0 saturated heterocycles. The van der Waals surface area contributed by atoms with Gasteiger partial charge in [0.25, 0.3) is 0 Å². The molecular formula is C28H32O5.